The molecule has 1 nitrogen and oxygen atoms in total. The van der Waals surface area contributed by atoms with Gasteiger partial charge in [-0.3, -0.25) is 0 Å². The molecular weight excluding hydrogens is 328 g/mol. The zero-order chi connectivity index (χ0) is 12.3. The second kappa shape index (κ2) is 6.03. The topological polar surface area (TPSA) is 12.0 Å². The summed E-state index contributed by atoms with van der Waals surface area (Å²) in [7, 11) is 0. The number of hydrogen-bond donors (Lipinski definition) is 1. The van der Waals surface area contributed by atoms with Crippen LogP contribution in [0.4, 0.5) is 10.1 Å². The predicted molar refractivity (Wildman–Crippen MR) is 78.8 cm³/mol. The number of anilines is 1. The smallest absolute Gasteiger partial charge is 0.138 e. The van der Waals surface area contributed by atoms with E-state index in [2.05, 4.69) is 34.8 Å². The van der Waals surface area contributed by atoms with Crippen molar-refractivity contribution < 1.29 is 4.39 Å². The van der Waals surface area contributed by atoms with Gasteiger partial charge in [0.25, 0.3) is 0 Å². The minimum atomic E-state index is -0.127. The van der Waals surface area contributed by atoms with Gasteiger partial charge in [-0.05, 0) is 66.3 Å². The lowest BCUT2D eigenvalue weighted by molar-refractivity contribution is 0.330. The molecule has 1 N–H and O–H groups in total. The quantitative estimate of drug-likeness (QED) is 0.774. The van der Waals surface area contributed by atoms with Gasteiger partial charge in [-0.25, -0.2) is 4.39 Å². The van der Waals surface area contributed by atoms with Crippen molar-refractivity contribution >= 4 is 28.3 Å². The lowest BCUT2D eigenvalue weighted by Gasteiger charge is -2.29. The molecule has 0 amide bonds. The Morgan fingerprint density at radius 2 is 2.00 bits per heavy atom. The Kier molecular flexibility index (Phi) is 4.65. The van der Waals surface area contributed by atoms with Crippen LogP contribution < -0.4 is 5.32 Å². The van der Waals surface area contributed by atoms with Crippen LogP contribution in [-0.2, 0) is 0 Å². The van der Waals surface area contributed by atoms with Crippen molar-refractivity contribution in [1.29, 1.82) is 0 Å². The van der Waals surface area contributed by atoms with Crippen molar-refractivity contribution in [2.45, 2.75) is 45.1 Å². The molecule has 0 spiro atoms. The maximum Gasteiger partial charge on any atom is 0.138 e. The summed E-state index contributed by atoms with van der Waals surface area (Å²) in [6.45, 7) is 2.27. The first-order valence-electron chi connectivity index (χ1n) is 6.41. The first kappa shape index (κ1) is 13.1. The van der Waals surface area contributed by atoms with Crippen LogP contribution in [0, 0.1) is 15.3 Å². The average molecular weight is 347 g/mol. The highest BCUT2D eigenvalue weighted by molar-refractivity contribution is 14.1. The van der Waals surface area contributed by atoms with E-state index in [1.54, 1.807) is 6.07 Å². The second-order valence-electron chi connectivity index (χ2n) is 4.87. The molecule has 0 heterocycles. The van der Waals surface area contributed by atoms with Crippen LogP contribution in [0.25, 0.3) is 0 Å². The van der Waals surface area contributed by atoms with E-state index in [0.717, 1.165) is 11.6 Å². The SMILES string of the molecule is CCC1CCC(Nc2cccc(F)c2I)CC1. The Labute approximate surface area is 116 Å². The molecule has 0 aromatic heterocycles. The Bertz CT molecular complexity index is 372. The minimum absolute atomic E-state index is 0.127. The Morgan fingerprint density at radius 1 is 1.29 bits per heavy atom. The van der Waals surface area contributed by atoms with Gasteiger partial charge < -0.3 is 5.32 Å². The number of rotatable bonds is 3. The molecule has 94 valence electrons. The van der Waals surface area contributed by atoms with Gasteiger partial charge in [-0.2, -0.15) is 0 Å². The highest BCUT2D eigenvalue weighted by Crippen LogP contribution is 2.30. The third-order valence-electron chi connectivity index (χ3n) is 3.74. The van der Waals surface area contributed by atoms with Gasteiger partial charge in [0.2, 0.25) is 0 Å². The normalized spacial score (nSPS) is 24.6. The summed E-state index contributed by atoms with van der Waals surface area (Å²) in [6, 6.07) is 5.78. The molecule has 17 heavy (non-hydrogen) atoms. The molecule has 1 aliphatic rings. The molecule has 0 radical (unpaired) electrons. The minimum Gasteiger partial charge on any atom is -0.381 e. The monoisotopic (exact) mass is 347 g/mol. The second-order valence-corrected chi connectivity index (χ2v) is 5.95. The van der Waals surface area contributed by atoms with Crippen LogP contribution in [0.1, 0.15) is 39.0 Å². The zero-order valence-electron chi connectivity index (χ0n) is 10.2. The summed E-state index contributed by atoms with van der Waals surface area (Å²) in [5, 5.41) is 3.49. The van der Waals surface area contributed by atoms with Crippen LogP contribution in [0.15, 0.2) is 18.2 Å². The van der Waals surface area contributed by atoms with Gasteiger partial charge in [0, 0.05) is 6.04 Å². The molecule has 2 rings (SSSR count). The fourth-order valence-electron chi connectivity index (χ4n) is 2.55. The van der Waals surface area contributed by atoms with Crippen molar-refractivity contribution in [3.05, 3.63) is 27.6 Å². The van der Waals surface area contributed by atoms with Crippen LogP contribution in [0.3, 0.4) is 0 Å². The molecule has 0 saturated heterocycles. The Morgan fingerprint density at radius 3 is 2.65 bits per heavy atom. The zero-order valence-corrected chi connectivity index (χ0v) is 12.3. The van der Waals surface area contributed by atoms with Crippen LogP contribution in [0.2, 0.25) is 0 Å². The van der Waals surface area contributed by atoms with Gasteiger partial charge in [0.05, 0.1) is 9.26 Å². The number of nitrogens with one attached hydrogen (secondary N) is 1. The molecular formula is C14H19FIN. The van der Waals surface area contributed by atoms with Crippen LogP contribution in [0.5, 0.6) is 0 Å². The van der Waals surface area contributed by atoms with E-state index in [1.807, 2.05) is 6.07 Å². The van der Waals surface area contributed by atoms with Crippen LogP contribution in [-0.4, -0.2) is 6.04 Å². The summed E-state index contributed by atoms with van der Waals surface area (Å²) in [5.41, 5.74) is 0.950. The van der Waals surface area contributed by atoms with Crippen molar-refractivity contribution in [1.82, 2.24) is 0 Å². The van der Waals surface area contributed by atoms with Gasteiger partial charge in [0.1, 0.15) is 5.82 Å². The van der Waals surface area contributed by atoms with E-state index in [-0.39, 0.29) is 5.82 Å². The maximum atomic E-state index is 13.4. The van der Waals surface area contributed by atoms with E-state index >= 15 is 0 Å². The lowest BCUT2D eigenvalue weighted by Crippen LogP contribution is -2.26. The molecule has 1 aliphatic carbocycles. The molecule has 0 aliphatic heterocycles. The predicted octanol–water partition coefficient (Wildman–Crippen LogP) is 4.81. The van der Waals surface area contributed by atoms with E-state index in [9.17, 15) is 4.39 Å². The standard InChI is InChI=1S/C14H19FIN/c1-2-10-6-8-11(9-7-10)17-13-5-3-4-12(15)14(13)16/h3-5,10-11,17H,2,6-9H2,1H3. The van der Waals surface area contributed by atoms with Crippen molar-refractivity contribution in [3.8, 4) is 0 Å². The first-order valence-corrected chi connectivity index (χ1v) is 7.49. The Hall–Kier alpha value is -0.320. The lowest BCUT2D eigenvalue weighted by atomic mass is 9.84. The third kappa shape index (κ3) is 3.33. The van der Waals surface area contributed by atoms with Crippen molar-refractivity contribution in [2.75, 3.05) is 5.32 Å². The summed E-state index contributed by atoms with van der Waals surface area (Å²) >= 11 is 2.07. The molecule has 0 unspecified atom stereocenters. The molecule has 1 aromatic carbocycles. The summed E-state index contributed by atoms with van der Waals surface area (Å²) < 4.78 is 14.1. The molecule has 1 aromatic rings. The van der Waals surface area contributed by atoms with E-state index in [1.165, 1.54) is 38.2 Å². The molecule has 1 saturated carbocycles. The number of hydrogen-bond acceptors (Lipinski definition) is 1. The Balaban J connectivity index is 1.95. The highest BCUT2D eigenvalue weighted by atomic mass is 127. The summed E-state index contributed by atoms with van der Waals surface area (Å²) in [5.74, 6) is 0.775. The van der Waals surface area contributed by atoms with E-state index < -0.39 is 0 Å². The third-order valence-corrected chi connectivity index (χ3v) is 4.83. The van der Waals surface area contributed by atoms with Gasteiger partial charge in [0.15, 0.2) is 0 Å². The molecule has 0 atom stereocenters. The average Bonchev–Trinajstić information content (AvgIpc) is 2.36. The van der Waals surface area contributed by atoms with Crippen molar-refractivity contribution in [2.24, 2.45) is 5.92 Å². The largest absolute Gasteiger partial charge is 0.381 e. The number of halogens is 2. The van der Waals surface area contributed by atoms with Crippen molar-refractivity contribution in [3.63, 3.8) is 0 Å². The first-order chi connectivity index (χ1) is 8.20. The fraction of sp³-hybridized carbons (Fsp3) is 0.571. The van der Waals surface area contributed by atoms with Gasteiger partial charge >= 0.3 is 0 Å². The molecule has 3 heteroatoms. The van der Waals surface area contributed by atoms with Crippen LogP contribution >= 0.6 is 22.6 Å². The number of benzene rings is 1. The maximum absolute atomic E-state index is 13.4. The van der Waals surface area contributed by atoms with Gasteiger partial charge in [-0.15, -0.1) is 0 Å². The molecule has 0 bridgehead atoms. The summed E-state index contributed by atoms with van der Waals surface area (Å²) in [6.07, 6.45) is 6.33. The highest BCUT2D eigenvalue weighted by Gasteiger charge is 2.20. The van der Waals surface area contributed by atoms with E-state index in [0.29, 0.717) is 9.61 Å². The van der Waals surface area contributed by atoms with Gasteiger partial charge in [-0.1, -0.05) is 19.4 Å². The fourth-order valence-corrected chi connectivity index (χ4v) is 3.07. The summed E-state index contributed by atoms with van der Waals surface area (Å²) in [4.78, 5) is 0. The van der Waals surface area contributed by atoms with E-state index in [4.69, 9.17) is 0 Å². The molecule has 1 fully saturated rings.